The molecule has 19 heavy (non-hydrogen) atoms. The molecule has 0 aromatic carbocycles. The molecule has 1 amide bonds. The number of carbonyl (C=O) groups is 1. The Bertz CT molecular complexity index is 601. The van der Waals surface area contributed by atoms with E-state index in [1.54, 1.807) is 6.20 Å². The first-order chi connectivity index (χ1) is 9.22. The SMILES string of the molecule is Nc1cnc2[nH]cc(CCNC(=O)CC3CC3)c2c1. The number of H-pyrrole nitrogens is 1. The van der Waals surface area contributed by atoms with Gasteiger partial charge in [-0.15, -0.1) is 0 Å². The molecule has 2 aromatic rings. The highest BCUT2D eigenvalue weighted by Gasteiger charge is 2.23. The van der Waals surface area contributed by atoms with Crippen LogP contribution in [0.4, 0.5) is 5.69 Å². The van der Waals surface area contributed by atoms with Crippen molar-refractivity contribution in [1.29, 1.82) is 0 Å². The number of anilines is 1. The number of nitrogens with one attached hydrogen (secondary N) is 2. The lowest BCUT2D eigenvalue weighted by Gasteiger charge is -2.04. The summed E-state index contributed by atoms with van der Waals surface area (Å²) < 4.78 is 0. The number of hydrogen-bond acceptors (Lipinski definition) is 3. The Morgan fingerprint density at radius 3 is 3.16 bits per heavy atom. The average Bonchev–Trinajstić information content (AvgIpc) is 3.10. The Morgan fingerprint density at radius 2 is 2.37 bits per heavy atom. The molecule has 3 rings (SSSR count). The Labute approximate surface area is 111 Å². The van der Waals surface area contributed by atoms with Crippen LogP contribution in [0.2, 0.25) is 0 Å². The minimum Gasteiger partial charge on any atom is -0.397 e. The first-order valence-electron chi connectivity index (χ1n) is 6.70. The number of nitrogen functional groups attached to an aromatic ring is 1. The molecule has 0 unspecified atom stereocenters. The molecule has 0 radical (unpaired) electrons. The number of hydrogen-bond donors (Lipinski definition) is 3. The number of carbonyl (C=O) groups excluding carboxylic acids is 1. The zero-order valence-corrected chi connectivity index (χ0v) is 10.8. The van der Waals surface area contributed by atoms with Gasteiger partial charge in [0.1, 0.15) is 5.65 Å². The standard InChI is InChI=1S/C14H18N4O/c15-11-6-12-10(7-17-14(12)18-8-11)3-4-16-13(19)5-9-1-2-9/h6-9H,1-5,15H2,(H,16,19)(H,17,18). The third kappa shape index (κ3) is 2.86. The first kappa shape index (κ1) is 12.0. The molecule has 5 heteroatoms. The normalized spacial score (nSPS) is 14.7. The van der Waals surface area contributed by atoms with Crippen LogP contribution in [-0.4, -0.2) is 22.4 Å². The molecule has 4 N–H and O–H groups in total. The Kier molecular flexibility index (Phi) is 3.11. The summed E-state index contributed by atoms with van der Waals surface area (Å²) in [5.41, 5.74) is 8.38. The summed E-state index contributed by atoms with van der Waals surface area (Å²) in [7, 11) is 0. The summed E-state index contributed by atoms with van der Waals surface area (Å²) in [4.78, 5) is 18.9. The van der Waals surface area contributed by atoms with Crippen molar-refractivity contribution in [2.45, 2.75) is 25.7 Å². The van der Waals surface area contributed by atoms with Gasteiger partial charge in [0.2, 0.25) is 5.91 Å². The van der Waals surface area contributed by atoms with Gasteiger partial charge in [-0.25, -0.2) is 4.98 Å². The third-order valence-corrected chi connectivity index (χ3v) is 3.53. The summed E-state index contributed by atoms with van der Waals surface area (Å²) in [5.74, 6) is 0.803. The Balaban J connectivity index is 1.58. The van der Waals surface area contributed by atoms with Crippen molar-refractivity contribution in [2.75, 3.05) is 12.3 Å². The quantitative estimate of drug-likeness (QED) is 0.761. The van der Waals surface area contributed by atoms with Gasteiger partial charge in [-0.05, 0) is 36.8 Å². The molecule has 0 saturated heterocycles. The van der Waals surface area contributed by atoms with E-state index in [9.17, 15) is 4.79 Å². The molecule has 5 nitrogen and oxygen atoms in total. The van der Waals surface area contributed by atoms with E-state index in [2.05, 4.69) is 15.3 Å². The third-order valence-electron chi connectivity index (χ3n) is 3.53. The van der Waals surface area contributed by atoms with Gasteiger partial charge < -0.3 is 16.0 Å². The summed E-state index contributed by atoms with van der Waals surface area (Å²) in [5, 5.41) is 4.01. The number of fused-ring (bicyclic) bond motifs is 1. The lowest BCUT2D eigenvalue weighted by atomic mass is 10.1. The Morgan fingerprint density at radius 1 is 1.53 bits per heavy atom. The minimum atomic E-state index is 0.167. The summed E-state index contributed by atoms with van der Waals surface area (Å²) in [6.45, 7) is 0.660. The smallest absolute Gasteiger partial charge is 0.220 e. The van der Waals surface area contributed by atoms with Gasteiger partial charge in [-0.2, -0.15) is 0 Å². The summed E-state index contributed by atoms with van der Waals surface area (Å²) in [6, 6.07) is 1.92. The second-order valence-electron chi connectivity index (χ2n) is 5.23. The van der Waals surface area contributed by atoms with Crippen LogP contribution < -0.4 is 11.1 Å². The van der Waals surface area contributed by atoms with Gasteiger partial charge >= 0.3 is 0 Å². The molecular weight excluding hydrogens is 240 g/mol. The van der Waals surface area contributed by atoms with E-state index in [1.807, 2.05) is 12.3 Å². The molecule has 0 bridgehead atoms. The monoisotopic (exact) mass is 258 g/mol. The number of amides is 1. The van der Waals surface area contributed by atoms with Crippen LogP contribution in [0, 0.1) is 5.92 Å². The van der Waals surface area contributed by atoms with Crippen molar-refractivity contribution >= 4 is 22.6 Å². The highest BCUT2D eigenvalue weighted by Crippen LogP contribution is 2.32. The molecule has 2 aromatic heterocycles. The highest BCUT2D eigenvalue weighted by molar-refractivity contribution is 5.82. The van der Waals surface area contributed by atoms with E-state index in [-0.39, 0.29) is 5.91 Å². The fraction of sp³-hybridized carbons (Fsp3) is 0.429. The van der Waals surface area contributed by atoms with E-state index in [0.29, 0.717) is 24.6 Å². The maximum absolute atomic E-state index is 11.6. The first-order valence-corrected chi connectivity index (χ1v) is 6.70. The van der Waals surface area contributed by atoms with E-state index >= 15 is 0 Å². The largest absolute Gasteiger partial charge is 0.397 e. The fourth-order valence-corrected chi connectivity index (χ4v) is 2.27. The van der Waals surface area contributed by atoms with Crippen molar-refractivity contribution < 1.29 is 4.79 Å². The van der Waals surface area contributed by atoms with E-state index in [4.69, 9.17) is 5.73 Å². The second-order valence-corrected chi connectivity index (χ2v) is 5.23. The molecule has 1 saturated carbocycles. The minimum absolute atomic E-state index is 0.167. The zero-order chi connectivity index (χ0) is 13.2. The van der Waals surface area contributed by atoms with Gasteiger partial charge in [-0.1, -0.05) is 0 Å². The molecule has 0 spiro atoms. The fourth-order valence-electron chi connectivity index (χ4n) is 2.27. The molecule has 1 fully saturated rings. The topological polar surface area (TPSA) is 83.8 Å². The summed E-state index contributed by atoms with van der Waals surface area (Å²) in [6.07, 6.45) is 7.47. The van der Waals surface area contributed by atoms with E-state index in [1.165, 1.54) is 12.8 Å². The van der Waals surface area contributed by atoms with Crippen LogP contribution >= 0.6 is 0 Å². The van der Waals surface area contributed by atoms with Crippen LogP contribution in [0.15, 0.2) is 18.5 Å². The van der Waals surface area contributed by atoms with E-state index < -0.39 is 0 Å². The van der Waals surface area contributed by atoms with Gasteiger partial charge in [0, 0.05) is 24.5 Å². The molecule has 1 aliphatic carbocycles. The number of nitrogens with zero attached hydrogens (tertiary/aromatic N) is 1. The molecular formula is C14H18N4O. The zero-order valence-electron chi connectivity index (χ0n) is 10.8. The van der Waals surface area contributed by atoms with Crippen molar-refractivity contribution in [3.8, 4) is 0 Å². The van der Waals surface area contributed by atoms with Crippen LogP contribution in [0.25, 0.3) is 11.0 Å². The van der Waals surface area contributed by atoms with Crippen LogP contribution in [0.5, 0.6) is 0 Å². The molecule has 0 atom stereocenters. The number of aromatic nitrogens is 2. The van der Waals surface area contributed by atoms with Crippen molar-refractivity contribution in [3.05, 3.63) is 24.0 Å². The molecule has 100 valence electrons. The van der Waals surface area contributed by atoms with Crippen LogP contribution in [0.1, 0.15) is 24.8 Å². The summed E-state index contributed by atoms with van der Waals surface area (Å²) >= 11 is 0. The highest BCUT2D eigenvalue weighted by atomic mass is 16.1. The lowest BCUT2D eigenvalue weighted by molar-refractivity contribution is -0.121. The van der Waals surface area contributed by atoms with Crippen LogP contribution in [0.3, 0.4) is 0 Å². The van der Waals surface area contributed by atoms with Crippen molar-refractivity contribution in [2.24, 2.45) is 5.92 Å². The predicted octanol–water partition coefficient (Wildman–Crippen LogP) is 1.60. The number of aromatic amines is 1. The number of pyridine rings is 1. The number of rotatable bonds is 5. The van der Waals surface area contributed by atoms with Crippen LogP contribution in [-0.2, 0) is 11.2 Å². The van der Waals surface area contributed by atoms with E-state index in [0.717, 1.165) is 23.0 Å². The molecule has 0 aliphatic heterocycles. The average molecular weight is 258 g/mol. The Hall–Kier alpha value is -2.04. The lowest BCUT2D eigenvalue weighted by Crippen LogP contribution is -2.25. The number of nitrogens with two attached hydrogens (primary N) is 1. The maximum Gasteiger partial charge on any atom is 0.220 e. The van der Waals surface area contributed by atoms with Gasteiger partial charge in [0.05, 0.1) is 11.9 Å². The van der Waals surface area contributed by atoms with Gasteiger partial charge in [-0.3, -0.25) is 4.79 Å². The van der Waals surface area contributed by atoms with Gasteiger partial charge in [0.15, 0.2) is 0 Å². The van der Waals surface area contributed by atoms with Crippen molar-refractivity contribution in [1.82, 2.24) is 15.3 Å². The second kappa shape index (κ2) is 4.91. The molecule has 1 aliphatic rings. The molecule has 2 heterocycles. The van der Waals surface area contributed by atoms with Gasteiger partial charge in [0.25, 0.3) is 0 Å². The maximum atomic E-state index is 11.6. The van der Waals surface area contributed by atoms with Crippen molar-refractivity contribution in [3.63, 3.8) is 0 Å². The predicted molar refractivity (Wildman–Crippen MR) is 74.6 cm³/mol.